The number of hydrogen-bond acceptors (Lipinski definition) is 5. The first kappa shape index (κ1) is 16.2. The minimum Gasteiger partial charge on any atom is -0.496 e. The summed E-state index contributed by atoms with van der Waals surface area (Å²) in [5.41, 5.74) is 6.31. The number of imidazole rings is 1. The van der Waals surface area contributed by atoms with Crippen LogP contribution < -0.4 is 19.9 Å². The van der Waals surface area contributed by atoms with Crippen molar-refractivity contribution in [1.82, 2.24) is 9.55 Å². The van der Waals surface area contributed by atoms with Crippen LogP contribution in [0.4, 0.5) is 0 Å². The van der Waals surface area contributed by atoms with E-state index in [0.29, 0.717) is 36.3 Å². The molecule has 1 atom stereocenters. The highest BCUT2D eigenvalue weighted by Gasteiger charge is 2.26. The van der Waals surface area contributed by atoms with E-state index in [9.17, 15) is 4.79 Å². The van der Waals surface area contributed by atoms with Gasteiger partial charge >= 0.3 is 0 Å². The molecule has 2 N–H and O–H groups in total. The van der Waals surface area contributed by atoms with Crippen LogP contribution >= 0.6 is 0 Å². The highest BCUT2D eigenvalue weighted by atomic mass is 16.6. The molecule has 1 aromatic heterocycles. The molecule has 2 aromatic rings. The van der Waals surface area contributed by atoms with E-state index in [1.54, 1.807) is 30.1 Å². The van der Waals surface area contributed by atoms with Gasteiger partial charge in [0, 0.05) is 18.5 Å². The van der Waals surface area contributed by atoms with Crippen LogP contribution in [0.3, 0.4) is 0 Å². The molecular weight excluding hydrogens is 310 g/mol. The lowest BCUT2D eigenvalue weighted by Gasteiger charge is -2.23. The predicted octanol–water partition coefficient (Wildman–Crippen LogP) is 2.01. The third-order valence-corrected chi connectivity index (χ3v) is 4.00. The Balaban J connectivity index is 2.13. The number of primary amides is 1. The molecule has 0 aliphatic carbocycles. The summed E-state index contributed by atoms with van der Waals surface area (Å²) < 4.78 is 18.5. The van der Waals surface area contributed by atoms with Crippen LogP contribution in [0.5, 0.6) is 17.2 Å². The number of nitrogens with zero attached hydrogens (tertiary/aromatic N) is 2. The number of benzene rings is 1. The van der Waals surface area contributed by atoms with E-state index in [1.165, 1.54) is 0 Å². The van der Waals surface area contributed by atoms with Crippen molar-refractivity contribution in [1.29, 1.82) is 0 Å². The largest absolute Gasteiger partial charge is 0.496 e. The number of rotatable bonds is 5. The minimum absolute atomic E-state index is 0.0265. The van der Waals surface area contributed by atoms with Gasteiger partial charge in [-0.25, -0.2) is 4.98 Å². The molecule has 7 nitrogen and oxygen atoms in total. The van der Waals surface area contributed by atoms with Gasteiger partial charge in [0.2, 0.25) is 5.91 Å². The lowest BCUT2D eigenvalue weighted by molar-refractivity contribution is -0.122. The van der Waals surface area contributed by atoms with Gasteiger partial charge in [-0.15, -0.1) is 0 Å². The molecule has 128 valence electrons. The average molecular weight is 331 g/mol. The summed E-state index contributed by atoms with van der Waals surface area (Å²) in [7, 11) is 1.58. The fourth-order valence-electron chi connectivity index (χ4n) is 2.95. The molecular formula is C17H21N3O4. The first-order valence-corrected chi connectivity index (χ1v) is 7.83. The molecule has 1 aliphatic rings. The average Bonchev–Trinajstić information content (AvgIpc) is 3.01. The smallest absolute Gasteiger partial charge is 0.240 e. The van der Waals surface area contributed by atoms with Gasteiger partial charge < -0.3 is 24.5 Å². The molecule has 1 aromatic carbocycles. The van der Waals surface area contributed by atoms with Crippen molar-refractivity contribution >= 4 is 5.91 Å². The van der Waals surface area contributed by atoms with Crippen molar-refractivity contribution in [3.8, 4) is 28.6 Å². The summed E-state index contributed by atoms with van der Waals surface area (Å²) in [6.45, 7) is 4.88. The quantitative estimate of drug-likeness (QED) is 0.905. The number of ether oxygens (including phenoxy) is 3. The fourth-order valence-corrected chi connectivity index (χ4v) is 2.95. The lowest BCUT2D eigenvalue weighted by atomic mass is 10.0. The summed E-state index contributed by atoms with van der Waals surface area (Å²) in [5.74, 6) is 2.08. The maximum Gasteiger partial charge on any atom is 0.240 e. The molecule has 0 radical (unpaired) electrons. The first-order chi connectivity index (χ1) is 11.5. The van der Waals surface area contributed by atoms with E-state index in [2.05, 4.69) is 4.98 Å². The molecule has 0 saturated heterocycles. The van der Waals surface area contributed by atoms with Crippen molar-refractivity contribution in [2.45, 2.75) is 19.9 Å². The summed E-state index contributed by atoms with van der Waals surface area (Å²) in [5, 5.41) is 0. The van der Waals surface area contributed by atoms with Gasteiger partial charge in [0.15, 0.2) is 11.5 Å². The van der Waals surface area contributed by atoms with E-state index in [0.717, 1.165) is 5.56 Å². The SMILES string of the molecule is COc1cc2c(cc1-c1nccn1[C@H](C(N)=O)C(C)C)OCCO2. The van der Waals surface area contributed by atoms with E-state index >= 15 is 0 Å². The topological polar surface area (TPSA) is 88.6 Å². The highest BCUT2D eigenvalue weighted by Crippen LogP contribution is 2.41. The van der Waals surface area contributed by atoms with Crippen molar-refractivity contribution in [2.24, 2.45) is 11.7 Å². The molecule has 0 bridgehead atoms. The zero-order valence-corrected chi connectivity index (χ0v) is 14.0. The summed E-state index contributed by atoms with van der Waals surface area (Å²) in [6, 6.07) is 3.10. The van der Waals surface area contributed by atoms with Gasteiger partial charge in [-0.2, -0.15) is 0 Å². The number of carbonyl (C=O) groups excluding carboxylic acids is 1. The number of methoxy groups -OCH3 is 1. The fraction of sp³-hybridized carbons (Fsp3) is 0.412. The molecule has 1 amide bonds. The summed E-state index contributed by atoms with van der Waals surface area (Å²) >= 11 is 0. The van der Waals surface area contributed by atoms with Crippen molar-refractivity contribution in [3.63, 3.8) is 0 Å². The number of nitrogens with two attached hydrogens (primary N) is 1. The maximum atomic E-state index is 11.9. The summed E-state index contributed by atoms with van der Waals surface area (Å²) in [4.78, 5) is 16.3. The third kappa shape index (κ3) is 2.77. The second-order valence-electron chi connectivity index (χ2n) is 5.95. The zero-order valence-electron chi connectivity index (χ0n) is 14.0. The van der Waals surface area contributed by atoms with Crippen LogP contribution in [0.25, 0.3) is 11.4 Å². The zero-order chi connectivity index (χ0) is 17.3. The van der Waals surface area contributed by atoms with Crippen molar-refractivity contribution < 1.29 is 19.0 Å². The van der Waals surface area contributed by atoms with Crippen LogP contribution in [0, 0.1) is 5.92 Å². The van der Waals surface area contributed by atoms with Gasteiger partial charge in [0.25, 0.3) is 0 Å². The van der Waals surface area contributed by atoms with Gasteiger partial charge in [0.05, 0.1) is 12.7 Å². The van der Waals surface area contributed by atoms with Gasteiger partial charge in [-0.1, -0.05) is 13.8 Å². The molecule has 2 heterocycles. The number of aromatic nitrogens is 2. The van der Waals surface area contributed by atoms with Gasteiger partial charge in [-0.3, -0.25) is 4.79 Å². The van der Waals surface area contributed by atoms with E-state index < -0.39 is 11.9 Å². The summed E-state index contributed by atoms with van der Waals surface area (Å²) in [6.07, 6.45) is 3.39. The van der Waals surface area contributed by atoms with Crippen molar-refractivity contribution in [3.05, 3.63) is 24.5 Å². The monoisotopic (exact) mass is 331 g/mol. The standard InChI is InChI=1S/C17H21N3O4/c1-10(2)15(16(18)21)20-5-4-19-17(20)11-8-13-14(9-12(11)22-3)24-7-6-23-13/h4-5,8-10,15H,6-7H2,1-3H3,(H2,18,21)/t15-/m0/s1. The number of amides is 1. The normalized spacial score (nSPS) is 14.5. The molecule has 1 aliphatic heterocycles. The van der Waals surface area contributed by atoms with E-state index in [1.807, 2.05) is 19.9 Å². The highest BCUT2D eigenvalue weighted by molar-refractivity contribution is 5.80. The Bertz CT molecular complexity index is 754. The van der Waals surface area contributed by atoms with Crippen molar-refractivity contribution in [2.75, 3.05) is 20.3 Å². The van der Waals surface area contributed by atoms with Gasteiger partial charge in [0.1, 0.15) is 30.8 Å². The van der Waals surface area contributed by atoms with Crippen LogP contribution in [-0.4, -0.2) is 35.8 Å². The Morgan fingerprint density at radius 3 is 2.54 bits per heavy atom. The number of carbonyl (C=O) groups is 1. The van der Waals surface area contributed by atoms with E-state index in [4.69, 9.17) is 19.9 Å². The number of hydrogen-bond donors (Lipinski definition) is 1. The molecule has 24 heavy (non-hydrogen) atoms. The molecule has 0 saturated carbocycles. The lowest BCUT2D eigenvalue weighted by Crippen LogP contribution is -2.30. The third-order valence-electron chi connectivity index (χ3n) is 4.00. The van der Waals surface area contributed by atoms with Crippen LogP contribution in [0.15, 0.2) is 24.5 Å². The molecule has 0 unspecified atom stereocenters. The van der Waals surface area contributed by atoms with Crippen LogP contribution in [-0.2, 0) is 4.79 Å². The Kier molecular flexibility index (Phi) is 4.33. The Morgan fingerprint density at radius 1 is 1.29 bits per heavy atom. The maximum absolute atomic E-state index is 11.9. The molecule has 7 heteroatoms. The Hall–Kier alpha value is -2.70. The second-order valence-corrected chi connectivity index (χ2v) is 5.95. The van der Waals surface area contributed by atoms with Gasteiger partial charge in [-0.05, 0) is 12.0 Å². The van der Waals surface area contributed by atoms with Crippen LogP contribution in [0.2, 0.25) is 0 Å². The molecule has 0 spiro atoms. The molecule has 0 fully saturated rings. The Labute approximate surface area is 140 Å². The molecule has 3 rings (SSSR count). The number of fused-ring (bicyclic) bond motifs is 1. The van der Waals surface area contributed by atoms with Crippen LogP contribution in [0.1, 0.15) is 19.9 Å². The first-order valence-electron chi connectivity index (χ1n) is 7.83. The second kappa shape index (κ2) is 6.43. The Morgan fingerprint density at radius 2 is 1.96 bits per heavy atom. The minimum atomic E-state index is -0.500. The predicted molar refractivity (Wildman–Crippen MR) is 88.3 cm³/mol. The van der Waals surface area contributed by atoms with E-state index in [-0.39, 0.29) is 5.92 Å².